The van der Waals surface area contributed by atoms with Crippen molar-refractivity contribution in [3.05, 3.63) is 109 Å². The molecule has 0 rings (SSSR count). The summed E-state index contributed by atoms with van der Waals surface area (Å²) in [6.45, 7) is 6.38. The fraction of sp³-hybridized carbons (Fsp3) is 0.667. The third kappa shape index (κ3) is 54.9. The molecule has 0 bridgehead atoms. The molecule has 0 heterocycles. The summed E-state index contributed by atoms with van der Waals surface area (Å²) in [5.41, 5.74) is 0. The number of hydrogen-bond acceptors (Lipinski definition) is 6. The lowest BCUT2D eigenvalue weighted by atomic mass is 10.1. The van der Waals surface area contributed by atoms with Gasteiger partial charge >= 0.3 is 17.9 Å². The molecule has 0 saturated carbocycles. The highest BCUT2D eigenvalue weighted by atomic mass is 16.6. The first-order chi connectivity index (χ1) is 34.0. The molecule has 0 radical (unpaired) electrons. The van der Waals surface area contributed by atoms with E-state index in [9.17, 15) is 14.4 Å². The van der Waals surface area contributed by atoms with Gasteiger partial charge in [0.25, 0.3) is 0 Å². The topological polar surface area (TPSA) is 78.9 Å². The van der Waals surface area contributed by atoms with E-state index in [4.69, 9.17) is 14.2 Å². The molecule has 0 N–H and O–H groups in total. The molecule has 6 heteroatoms. The highest BCUT2D eigenvalue weighted by molar-refractivity contribution is 5.71. The third-order valence-corrected chi connectivity index (χ3v) is 11.8. The molecular weight excluding hydrogens is 853 g/mol. The second-order valence-electron chi connectivity index (χ2n) is 18.4. The first kappa shape index (κ1) is 65.1. The lowest BCUT2D eigenvalue weighted by molar-refractivity contribution is -0.167. The molecule has 0 aromatic carbocycles. The minimum Gasteiger partial charge on any atom is -0.462 e. The van der Waals surface area contributed by atoms with Crippen LogP contribution in [0, 0.1) is 0 Å². The SMILES string of the molecule is CC/C=C\C/C=C\C/C=C\C/C=C\C/C=C\CCCCCCCC(=O)OCC(COC(=O)CCCCCCCCCCCCC)OC(=O)CCCCCCCC/C=C\C/C=C\C/C=C\C/C=C\CC. The summed E-state index contributed by atoms with van der Waals surface area (Å²) in [5.74, 6) is -0.924. The van der Waals surface area contributed by atoms with Crippen LogP contribution in [0.25, 0.3) is 0 Å². The fourth-order valence-electron chi connectivity index (χ4n) is 7.58. The summed E-state index contributed by atoms with van der Waals surface area (Å²) in [6.07, 6.45) is 76.4. The predicted molar refractivity (Wildman–Crippen MR) is 297 cm³/mol. The first-order valence-electron chi connectivity index (χ1n) is 28.4. The molecule has 0 aliphatic carbocycles. The van der Waals surface area contributed by atoms with Gasteiger partial charge in [0.15, 0.2) is 6.10 Å². The molecule has 0 spiro atoms. The molecule has 0 aliphatic rings. The molecule has 0 amide bonds. The van der Waals surface area contributed by atoms with Gasteiger partial charge in [-0.25, -0.2) is 0 Å². The summed E-state index contributed by atoms with van der Waals surface area (Å²) in [5, 5.41) is 0. The Morgan fingerprint density at radius 3 is 0.884 bits per heavy atom. The number of carbonyl (C=O) groups is 3. The second-order valence-corrected chi connectivity index (χ2v) is 18.4. The quantitative estimate of drug-likeness (QED) is 0.0262. The van der Waals surface area contributed by atoms with Gasteiger partial charge in [0.2, 0.25) is 0 Å². The number of carbonyl (C=O) groups excluding carboxylic acids is 3. The molecule has 69 heavy (non-hydrogen) atoms. The Morgan fingerprint density at radius 2 is 0.565 bits per heavy atom. The van der Waals surface area contributed by atoms with Gasteiger partial charge in [-0.3, -0.25) is 14.4 Å². The van der Waals surface area contributed by atoms with E-state index in [1.165, 1.54) is 64.2 Å². The molecule has 0 aliphatic heterocycles. The van der Waals surface area contributed by atoms with Crippen molar-refractivity contribution in [2.75, 3.05) is 13.2 Å². The third-order valence-electron chi connectivity index (χ3n) is 11.8. The molecule has 1 unspecified atom stereocenters. The normalized spacial score (nSPS) is 12.9. The van der Waals surface area contributed by atoms with E-state index in [0.717, 1.165) is 148 Å². The van der Waals surface area contributed by atoms with Gasteiger partial charge in [0.1, 0.15) is 13.2 Å². The van der Waals surface area contributed by atoms with Crippen LogP contribution in [0.15, 0.2) is 109 Å². The molecule has 0 saturated heterocycles. The molecule has 0 aromatic rings. The van der Waals surface area contributed by atoms with E-state index < -0.39 is 6.10 Å². The standard InChI is InChI=1S/C63H104O6/c1-4-7-10-13-16-19-22-24-26-28-30-31-33-34-36-38-41-44-47-50-53-56-62(65)68-59-60(58-67-61(64)55-52-49-46-43-40-21-18-15-12-9-6-3)69-63(66)57-54-51-48-45-42-39-37-35-32-29-27-25-23-20-17-14-11-8-5-2/h7-8,10-11,16-17,19-20,24-27,30-32,34-36,60H,4-6,9,12-15,18,21-23,28-29,33,37-59H2,1-3H3/b10-7-,11-8-,19-16-,20-17-,26-24-,27-25-,31-30-,35-32-,36-34-. The van der Waals surface area contributed by atoms with E-state index in [0.29, 0.717) is 19.3 Å². The van der Waals surface area contributed by atoms with Crippen molar-refractivity contribution in [1.82, 2.24) is 0 Å². The Bertz CT molecular complexity index is 1420. The van der Waals surface area contributed by atoms with Crippen molar-refractivity contribution >= 4 is 17.9 Å². The van der Waals surface area contributed by atoms with Crippen LogP contribution in [-0.4, -0.2) is 37.2 Å². The number of allylic oxidation sites excluding steroid dienone is 18. The first-order valence-corrected chi connectivity index (χ1v) is 28.4. The predicted octanol–water partition coefficient (Wildman–Crippen LogP) is 19.1. The van der Waals surface area contributed by atoms with Gasteiger partial charge < -0.3 is 14.2 Å². The van der Waals surface area contributed by atoms with Crippen molar-refractivity contribution in [3.63, 3.8) is 0 Å². The van der Waals surface area contributed by atoms with Crippen LogP contribution in [0.2, 0.25) is 0 Å². The average Bonchev–Trinajstić information content (AvgIpc) is 3.35. The monoisotopic (exact) mass is 957 g/mol. The number of rotatable bonds is 50. The number of hydrogen-bond donors (Lipinski definition) is 0. The largest absolute Gasteiger partial charge is 0.462 e. The molecule has 6 nitrogen and oxygen atoms in total. The molecule has 1 atom stereocenters. The van der Waals surface area contributed by atoms with Crippen molar-refractivity contribution in [3.8, 4) is 0 Å². The summed E-state index contributed by atoms with van der Waals surface area (Å²) in [7, 11) is 0. The average molecular weight is 958 g/mol. The summed E-state index contributed by atoms with van der Waals surface area (Å²) in [6, 6.07) is 0. The molecule has 0 fully saturated rings. The van der Waals surface area contributed by atoms with Crippen LogP contribution in [0.3, 0.4) is 0 Å². The summed E-state index contributed by atoms with van der Waals surface area (Å²) >= 11 is 0. The minimum absolute atomic E-state index is 0.0902. The van der Waals surface area contributed by atoms with Crippen LogP contribution in [0.4, 0.5) is 0 Å². The van der Waals surface area contributed by atoms with Gasteiger partial charge in [-0.15, -0.1) is 0 Å². The molecule has 392 valence electrons. The van der Waals surface area contributed by atoms with Crippen molar-refractivity contribution < 1.29 is 28.6 Å². The van der Waals surface area contributed by atoms with E-state index in [-0.39, 0.29) is 31.1 Å². The number of esters is 3. The lowest BCUT2D eigenvalue weighted by Gasteiger charge is -2.18. The smallest absolute Gasteiger partial charge is 0.306 e. The maximum absolute atomic E-state index is 12.8. The Kier molecular flexibility index (Phi) is 53.4. The van der Waals surface area contributed by atoms with Gasteiger partial charge in [0, 0.05) is 19.3 Å². The Labute approximate surface area is 425 Å². The van der Waals surface area contributed by atoms with Gasteiger partial charge in [-0.05, 0) is 103 Å². The lowest BCUT2D eigenvalue weighted by Crippen LogP contribution is -2.30. The van der Waals surface area contributed by atoms with Crippen molar-refractivity contribution in [2.45, 2.75) is 258 Å². The van der Waals surface area contributed by atoms with Crippen LogP contribution in [-0.2, 0) is 28.6 Å². The number of unbranched alkanes of at least 4 members (excludes halogenated alkanes) is 21. The van der Waals surface area contributed by atoms with Gasteiger partial charge in [-0.1, -0.05) is 239 Å². The van der Waals surface area contributed by atoms with E-state index in [1.54, 1.807) is 0 Å². The zero-order valence-electron chi connectivity index (χ0n) is 44.8. The van der Waals surface area contributed by atoms with Crippen LogP contribution in [0.5, 0.6) is 0 Å². The Morgan fingerprint density at radius 1 is 0.304 bits per heavy atom. The maximum atomic E-state index is 12.8. The summed E-state index contributed by atoms with van der Waals surface area (Å²) in [4.78, 5) is 38.1. The second kappa shape index (κ2) is 56.7. The zero-order chi connectivity index (χ0) is 50.0. The highest BCUT2D eigenvalue weighted by Crippen LogP contribution is 2.14. The van der Waals surface area contributed by atoms with E-state index in [2.05, 4.69) is 130 Å². The Balaban J connectivity index is 4.42. The summed E-state index contributed by atoms with van der Waals surface area (Å²) < 4.78 is 16.8. The van der Waals surface area contributed by atoms with Gasteiger partial charge in [-0.2, -0.15) is 0 Å². The van der Waals surface area contributed by atoms with Crippen LogP contribution < -0.4 is 0 Å². The zero-order valence-corrected chi connectivity index (χ0v) is 44.8. The highest BCUT2D eigenvalue weighted by Gasteiger charge is 2.19. The van der Waals surface area contributed by atoms with Crippen LogP contribution in [0.1, 0.15) is 252 Å². The van der Waals surface area contributed by atoms with E-state index in [1.807, 2.05) is 0 Å². The molecule has 0 aromatic heterocycles. The van der Waals surface area contributed by atoms with Crippen molar-refractivity contribution in [1.29, 1.82) is 0 Å². The van der Waals surface area contributed by atoms with Crippen LogP contribution >= 0.6 is 0 Å². The van der Waals surface area contributed by atoms with Crippen molar-refractivity contribution in [2.24, 2.45) is 0 Å². The van der Waals surface area contributed by atoms with Gasteiger partial charge in [0.05, 0.1) is 0 Å². The Hall–Kier alpha value is -3.93. The minimum atomic E-state index is -0.794. The number of ether oxygens (including phenoxy) is 3. The van der Waals surface area contributed by atoms with E-state index >= 15 is 0 Å². The molecular formula is C63H104O6. The fourth-order valence-corrected chi connectivity index (χ4v) is 7.58. The maximum Gasteiger partial charge on any atom is 0.306 e.